The lowest BCUT2D eigenvalue weighted by Crippen LogP contribution is -2.52. The first-order valence-electron chi connectivity index (χ1n) is 6.82. The Morgan fingerprint density at radius 1 is 1.16 bits per heavy atom. The van der Waals surface area contributed by atoms with Gasteiger partial charge in [-0.2, -0.15) is 17.0 Å². The molecule has 0 spiro atoms. The van der Waals surface area contributed by atoms with Crippen LogP contribution in [0.1, 0.15) is 33.1 Å². The molecule has 0 aliphatic carbocycles. The number of piperidine rings is 1. The van der Waals surface area contributed by atoms with E-state index in [9.17, 15) is 13.2 Å². The Hall–Kier alpha value is -0.660. The summed E-state index contributed by atoms with van der Waals surface area (Å²) in [4.78, 5) is 11.1. The summed E-state index contributed by atoms with van der Waals surface area (Å²) in [6.45, 7) is 5.09. The first-order valence-corrected chi connectivity index (χ1v) is 8.21. The van der Waals surface area contributed by atoms with Crippen LogP contribution in [0, 0.1) is 11.8 Å². The van der Waals surface area contributed by atoms with Crippen molar-refractivity contribution in [1.82, 2.24) is 8.61 Å². The molecule has 0 saturated carbocycles. The molecule has 2 rings (SSSR count). The van der Waals surface area contributed by atoms with Crippen LogP contribution in [0.15, 0.2) is 0 Å². The third-order valence-electron chi connectivity index (χ3n) is 4.18. The molecule has 2 aliphatic heterocycles. The zero-order valence-corrected chi connectivity index (χ0v) is 12.3. The van der Waals surface area contributed by atoms with E-state index in [2.05, 4.69) is 0 Å². The van der Waals surface area contributed by atoms with Crippen molar-refractivity contribution in [2.75, 3.05) is 19.6 Å². The summed E-state index contributed by atoms with van der Waals surface area (Å²) in [5, 5.41) is 9.08. The van der Waals surface area contributed by atoms with Gasteiger partial charge in [-0.3, -0.25) is 4.79 Å². The lowest BCUT2D eigenvalue weighted by Gasteiger charge is -2.37. The number of aliphatic carboxylic acids is 1. The van der Waals surface area contributed by atoms with Gasteiger partial charge in [0.1, 0.15) is 0 Å². The maximum absolute atomic E-state index is 12.6. The SMILES string of the molecule is CC1CCN(S(=O)(=O)N2CC(C(=O)O)CCC2C)C1. The number of hydrogen-bond donors (Lipinski definition) is 1. The highest BCUT2D eigenvalue weighted by molar-refractivity contribution is 7.86. The van der Waals surface area contributed by atoms with Gasteiger partial charge in [0, 0.05) is 25.7 Å². The summed E-state index contributed by atoms with van der Waals surface area (Å²) >= 11 is 0. The molecule has 0 radical (unpaired) electrons. The normalized spacial score (nSPS) is 34.5. The Kier molecular flexibility index (Phi) is 4.17. The maximum Gasteiger partial charge on any atom is 0.307 e. The van der Waals surface area contributed by atoms with Gasteiger partial charge in [-0.05, 0) is 32.1 Å². The Balaban J connectivity index is 2.15. The molecule has 0 amide bonds. The number of rotatable bonds is 3. The lowest BCUT2D eigenvalue weighted by atomic mass is 9.96. The fourth-order valence-electron chi connectivity index (χ4n) is 2.85. The standard InChI is InChI=1S/C12H22N2O4S/c1-9-5-6-13(7-9)19(17,18)14-8-11(12(15)16)4-3-10(14)2/h9-11H,3-8H2,1-2H3,(H,15,16). The third-order valence-corrected chi connectivity index (χ3v) is 6.27. The predicted octanol–water partition coefficient (Wildman–Crippen LogP) is 0.758. The third kappa shape index (κ3) is 2.93. The zero-order chi connectivity index (χ0) is 14.2. The maximum atomic E-state index is 12.6. The zero-order valence-electron chi connectivity index (χ0n) is 11.4. The van der Waals surface area contributed by atoms with Gasteiger partial charge < -0.3 is 5.11 Å². The molecule has 2 fully saturated rings. The van der Waals surface area contributed by atoms with Gasteiger partial charge in [0.2, 0.25) is 0 Å². The van der Waals surface area contributed by atoms with E-state index in [4.69, 9.17) is 5.11 Å². The monoisotopic (exact) mass is 290 g/mol. The van der Waals surface area contributed by atoms with Crippen LogP contribution in [0.4, 0.5) is 0 Å². The fraction of sp³-hybridized carbons (Fsp3) is 0.917. The molecule has 19 heavy (non-hydrogen) atoms. The number of carboxylic acid groups (broad SMARTS) is 1. The van der Waals surface area contributed by atoms with Crippen molar-refractivity contribution in [1.29, 1.82) is 0 Å². The summed E-state index contributed by atoms with van der Waals surface area (Å²) in [5.74, 6) is -1.10. The molecule has 3 atom stereocenters. The molecular formula is C12H22N2O4S. The van der Waals surface area contributed by atoms with Crippen LogP contribution in [0.2, 0.25) is 0 Å². The van der Waals surface area contributed by atoms with Gasteiger partial charge in [0.15, 0.2) is 0 Å². The number of hydrogen-bond acceptors (Lipinski definition) is 3. The number of nitrogens with zero attached hydrogens (tertiary/aromatic N) is 2. The molecule has 0 bridgehead atoms. The summed E-state index contributed by atoms with van der Waals surface area (Å²) < 4.78 is 28.0. The van der Waals surface area contributed by atoms with Crippen LogP contribution in [0.25, 0.3) is 0 Å². The second-order valence-corrected chi connectivity index (χ2v) is 7.67. The van der Waals surface area contributed by atoms with Crippen LogP contribution < -0.4 is 0 Å². The minimum atomic E-state index is -3.51. The minimum Gasteiger partial charge on any atom is -0.481 e. The Morgan fingerprint density at radius 3 is 2.37 bits per heavy atom. The fourth-order valence-corrected chi connectivity index (χ4v) is 4.85. The lowest BCUT2D eigenvalue weighted by molar-refractivity contribution is -0.143. The highest BCUT2D eigenvalue weighted by Gasteiger charge is 2.41. The van der Waals surface area contributed by atoms with E-state index in [1.165, 1.54) is 8.61 Å². The molecule has 0 aromatic carbocycles. The van der Waals surface area contributed by atoms with E-state index in [0.29, 0.717) is 31.8 Å². The van der Waals surface area contributed by atoms with Gasteiger partial charge in [0.25, 0.3) is 10.2 Å². The summed E-state index contributed by atoms with van der Waals surface area (Å²) in [6, 6.07) is -0.114. The highest BCUT2D eigenvalue weighted by atomic mass is 32.2. The molecule has 6 nitrogen and oxygen atoms in total. The van der Waals surface area contributed by atoms with Crippen molar-refractivity contribution < 1.29 is 18.3 Å². The van der Waals surface area contributed by atoms with E-state index in [-0.39, 0.29) is 12.6 Å². The minimum absolute atomic E-state index is 0.101. The summed E-state index contributed by atoms with van der Waals surface area (Å²) in [5.41, 5.74) is 0. The van der Waals surface area contributed by atoms with Crippen LogP contribution in [-0.2, 0) is 15.0 Å². The van der Waals surface area contributed by atoms with Gasteiger partial charge in [0.05, 0.1) is 5.92 Å². The molecule has 0 aromatic rings. The highest BCUT2D eigenvalue weighted by Crippen LogP contribution is 2.28. The number of carboxylic acids is 1. The number of carbonyl (C=O) groups is 1. The van der Waals surface area contributed by atoms with E-state index < -0.39 is 22.1 Å². The molecule has 7 heteroatoms. The summed E-state index contributed by atoms with van der Waals surface area (Å²) in [6.07, 6.45) is 2.04. The second kappa shape index (κ2) is 5.38. The first kappa shape index (κ1) is 14.7. The van der Waals surface area contributed by atoms with E-state index in [1.54, 1.807) is 0 Å². The summed E-state index contributed by atoms with van der Waals surface area (Å²) in [7, 11) is -3.51. The largest absolute Gasteiger partial charge is 0.481 e. The molecule has 0 aromatic heterocycles. The predicted molar refractivity (Wildman–Crippen MR) is 70.8 cm³/mol. The second-order valence-electron chi connectivity index (χ2n) is 5.79. The van der Waals surface area contributed by atoms with Crippen molar-refractivity contribution >= 4 is 16.2 Å². The van der Waals surface area contributed by atoms with Crippen molar-refractivity contribution in [2.45, 2.75) is 39.2 Å². The molecule has 2 heterocycles. The first-order chi connectivity index (χ1) is 8.82. The van der Waals surface area contributed by atoms with Crippen molar-refractivity contribution in [3.63, 3.8) is 0 Å². The van der Waals surface area contributed by atoms with Gasteiger partial charge in [-0.1, -0.05) is 6.92 Å². The van der Waals surface area contributed by atoms with Gasteiger partial charge in [-0.25, -0.2) is 0 Å². The Labute approximate surface area is 114 Å². The van der Waals surface area contributed by atoms with Crippen LogP contribution >= 0.6 is 0 Å². The van der Waals surface area contributed by atoms with Crippen LogP contribution in [0.5, 0.6) is 0 Å². The van der Waals surface area contributed by atoms with Crippen molar-refractivity contribution in [2.24, 2.45) is 11.8 Å². The molecular weight excluding hydrogens is 268 g/mol. The molecule has 3 unspecified atom stereocenters. The average molecular weight is 290 g/mol. The molecule has 2 saturated heterocycles. The van der Waals surface area contributed by atoms with Gasteiger partial charge >= 0.3 is 5.97 Å². The molecule has 110 valence electrons. The Morgan fingerprint density at radius 2 is 1.84 bits per heavy atom. The van der Waals surface area contributed by atoms with E-state index in [0.717, 1.165) is 6.42 Å². The van der Waals surface area contributed by atoms with E-state index in [1.807, 2.05) is 13.8 Å². The van der Waals surface area contributed by atoms with E-state index >= 15 is 0 Å². The quantitative estimate of drug-likeness (QED) is 0.832. The van der Waals surface area contributed by atoms with Crippen LogP contribution in [-0.4, -0.2) is 53.8 Å². The van der Waals surface area contributed by atoms with Gasteiger partial charge in [-0.15, -0.1) is 0 Å². The Bertz CT molecular complexity index is 451. The smallest absolute Gasteiger partial charge is 0.307 e. The molecule has 1 N–H and O–H groups in total. The average Bonchev–Trinajstić information content (AvgIpc) is 2.76. The van der Waals surface area contributed by atoms with Crippen molar-refractivity contribution in [3.05, 3.63) is 0 Å². The van der Waals surface area contributed by atoms with Crippen molar-refractivity contribution in [3.8, 4) is 0 Å². The topological polar surface area (TPSA) is 77.9 Å². The van der Waals surface area contributed by atoms with Crippen LogP contribution in [0.3, 0.4) is 0 Å². The molecule has 2 aliphatic rings.